The molecule has 0 amide bonds. The highest BCUT2D eigenvalue weighted by Crippen LogP contribution is 2.24. The van der Waals surface area contributed by atoms with Gasteiger partial charge in [0.15, 0.2) is 0 Å². The maximum Gasteiger partial charge on any atom is 0.0569 e. The normalized spacial score (nSPS) is 11.2. The molecule has 104 valence electrons. The van der Waals surface area contributed by atoms with Crippen molar-refractivity contribution < 1.29 is 0 Å². The fourth-order valence-electron chi connectivity index (χ4n) is 2.68. The third kappa shape index (κ3) is 2.79. The summed E-state index contributed by atoms with van der Waals surface area (Å²) in [5.41, 5.74) is 2.81. The molecule has 0 spiro atoms. The number of thiophene rings is 1. The van der Waals surface area contributed by atoms with Crippen molar-refractivity contribution in [2.75, 3.05) is 13.6 Å². The molecule has 20 heavy (non-hydrogen) atoms. The molecule has 0 atom stereocenters. The molecular weight excluding hydrogens is 264 g/mol. The second-order valence-electron chi connectivity index (χ2n) is 5.09. The molecule has 0 aliphatic heterocycles. The average molecular weight is 284 g/mol. The molecule has 2 nitrogen and oxygen atoms in total. The predicted octanol–water partition coefficient (Wildman–Crippen LogP) is 3.90. The van der Waals surface area contributed by atoms with Crippen LogP contribution in [-0.2, 0) is 13.0 Å². The Hall–Kier alpha value is -1.58. The predicted molar refractivity (Wildman–Crippen MR) is 87.6 cm³/mol. The van der Waals surface area contributed by atoms with E-state index in [9.17, 15) is 0 Å². The molecule has 0 aliphatic carbocycles. The second-order valence-corrected chi connectivity index (χ2v) is 6.12. The first kappa shape index (κ1) is 13.4. The summed E-state index contributed by atoms with van der Waals surface area (Å²) in [5.74, 6) is 0. The number of fused-ring (bicyclic) bond motifs is 1. The largest absolute Gasteiger partial charge is 0.342 e. The van der Waals surface area contributed by atoms with Crippen molar-refractivity contribution in [3.05, 3.63) is 58.4 Å². The lowest BCUT2D eigenvalue weighted by Crippen LogP contribution is -2.08. The minimum atomic E-state index is 0.976. The SMILES string of the molecule is CNCCCc1cn(Cc2cccs2)c2ccccc12. The number of para-hydroxylation sites is 1. The van der Waals surface area contributed by atoms with Crippen molar-refractivity contribution in [1.29, 1.82) is 0 Å². The van der Waals surface area contributed by atoms with Crippen LogP contribution in [-0.4, -0.2) is 18.2 Å². The Morgan fingerprint density at radius 3 is 2.85 bits per heavy atom. The van der Waals surface area contributed by atoms with Gasteiger partial charge in [-0.3, -0.25) is 0 Å². The zero-order valence-electron chi connectivity index (χ0n) is 11.8. The van der Waals surface area contributed by atoms with Crippen LogP contribution >= 0.6 is 11.3 Å². The Bertz CT molecular complexity index is 667. The van der Waals surface area contributed by atoms with Gasteiger partial charge in [0, 0.05) is 22.0 Å². The van der Waals surface area contributed by atoms with Crippen LogP contribution in [0.2, 0.25) is 0 Å². The molecule has 1 aromatic carbocycles. The standard InChI is InChI=1S/C17H20N2S/c1-18-10-4-6-14-12-19(13-15-7-5-11-20-15)17-9-3-2-8-16(14)17/h2-3,5,7-9,11-12,18H,4,6,10,13H2,1H3. The van der Waals surface area contributed by atoms with Crippen molar-refractivity contribution >= 4 is 22.2 Å². The van der Waals surface area contributed by atoms with Crippen LogP contribution in [0.5, 0.6) is 0 Å². The molecule has 0 saturated heterocycles. The molecule has 0 radical (unpaired) electrons. The summed E-state index contributed by atoms with van der Waals surface area (Å²) in [4.78, 5) is 1.41. The number of nitrogens with zero attached hydrogens (tertiary/aromatic N) is 1. The van der Waals surface area contributed by atoms with Crippen molar-refractivity contribution in [2.24, 2.45) is 0 Å². The summed E-state index contributed by atoms with van der Waals surface area (Å²) in [6, 6.07) is 13.1. The van der Waals surface area contributed by atoms with Gasteiger partial charge in [0.05, 0.1) is 6.54 Å². The van der Waals surface area contributed by atoms with E-state index in [1.807, 2.05) is 18.4 Å². The third-order valence-electron chi connectivity index (χ3n) is 3.65. The molecule has 2 aromatic heterocycles. The van der Waals surface area contributed by atoms with Crippen LogP contribution in [0, 0.1) is 0 Å². The third-order valence-corrected chi connectivity index (χ3v) is 4.51. The van der Waals surface area contributed by atoms with Gasteiger partial charge in [0.2, 0.25) is 0 Å². The Morgan fingerprint density at radius 2 is 2.05 bits per heavy atom. The van der Waals surface area contributed by atoms with E-state index in [1.165, 1.54) is 27.8 Å². The molecule has 0 bridgehead atoms. The zero-order chi connectivity index (χ0) is 13.8. The molecule has 2 heterocycles. The summed E-state index contributed by atoms with van der Waals surface area (Å²) >= 11 is 1.83. The Kier molecular flexibility index (Phi) is 4.19. The highest BCUT2D eigenvalue weighted by molar-refractivity contribution is 7.09. The zero-order valence-corrected chi connectivity index (χ0v) is 12.6. The van der Waals surface area contributed by atoms with E-state index in [0.29, 0.717) is 0 Å². The minimum absolute atomic E-state index is 0.976. The molecule has 0 saturated carbocycles. The first-order valence-electron chi connectivity index (χ1n) is 7.12. The Balaban J connectivity index is 1.91. The van der Waals surface area contributed by atoms with E-state index < -0.39 is 0 Å². The number of aryl methyl sites for hydroxylation is 1. The number of rotatable bonds is 6. The number of benzene rings is 1. The molecule has 0 fully saturated rings. The van der Waals surface area contributed by atoms with E-state index in [4.69, 9.17) is 0 Å². The van der Waals surface area contributed by atoms with Crippen LogP contribution in [0.4, 0.5) is 0 Å². The van der Waals surface area contributed by atoms with Crippen molar-refractivity contribution in [2.45, 2.75) is 19.4 Å². The minimum Gasteiger partial charge on any atom is -0.342 e. The molecule has 3 heteroatoms. The monoisotopic (exact) mass is 284 g/mol. The summed E-state index contributed by atoms with van der Waals surface area (Å²) in [5, 5.41) is 6.77. The number of nitrogens with one attached hydrogen (secondary N) is 1. The number of hydrogen-bond donors (Lipinski definition) is 1. The van der Waals surface area contributed by atoms with Gasteiger partial charge >= 0.3 is 0 Å². The van der Waals surface area contributed by atoms with Gasteiger partial charge < -0.3 is 9.88 Å². The maximum absolute atomic E-state index is 3.22. The van der Waals surface area contributed by atoms with Gasteiger partial charge in [-0.25, -0.2) is 0 Å². The smallest absolute Gasteiger partial charge is 0.0569 e. The molecule has 0 unspecified atom stereocenters. The van der Waals surface area contributed by atoms with E-state index >= 15 is 0 Å². The number of aromatic nitrogens is 1. The molecule has 3 rings (SSSR count). The lowest BCUT2D eigenvalue weighted by atomic mass is 10.1. The molecule has 3 aromatic rings. The quantitative estimate of drug-likeness (QED) is 0.679. The van der Waals surface area contributed by atoms with Gasteiger partial charge in [-0.1, -0.05) is 24.3 Å². The van der Waals surface area contributed by atoms with E-state index in [0.717, 1.165) is 19.5 Å². The van der Waals surface area contributed by atoms with Crippen LogP contribution in [0.15, 0.2) is 48.0 Å². The topological polar surface area (TPSA) is 17.0 Å². The lowest BCUT2D eigenvalue weighted by molar-refractivity contribution is 0.723. The fraction of sp³-hybridized carbons (Fsp3) is 0.294. The van der Waals surface area contributed by atoms with Crippen molar-refractivity contribution in [3.63, 3.8) is 0 Å². The summed E-state index contributed by atoms with van der Waals surface area (Å²) < 4.78 is 2.38. The van der Waals surface area contributed by atoms with Crippen molar-refractivity contribution in [3.8, 4) is 0 Å². The fourth-order valence-corrected chi connectivity index (χ4v) is 3.38. The number of hydrogen-bond acceptors (Lipinski definition) is 2. The lowest BCUT2D eigenvalue weighted by Gasteiger charge is -2.02. The van der Waals surface area contributed by atoms with Gasteiger partial charge in [-0.15, -0.1) is 11.3 Å². The summed E-state index contributed by atoms with van der Waals surface area (Å²) in [7, 11) is 2.01. The van der Waals surface area contributed by atoms with Gasteiger partial charge in [-0.05, 0) is 49.5 Å². The van der Waals surface area contributed by atoms with Crippen LogP contribution in [0.25, 0.3) is 10.9 Å². The average Bonchev–Trinajstić information content (AvgIpc) is 3.09. The molecular formula is C17H20N2S. The highest BCUT2D eigenvalue weighted by Gasteiger charge is 2.08. The first-order valence-corrected chi connectivity index (χ1v) is 8.00. The summed E-state index contributed by atoms with van der Waals surface area (Å²) in [6.07, 6.45) is 4.66. The Labute approximate surface area is 124 Å². The van der Waals surface area contributed by atoms with E-state index in [2.05, 4.69) is 57.9 Å². The van der Waals surface area contributed by atoms with Crippen molar-refractivity contribution in [1.82, 2.24) is 9.88 Å². The van der Waals surface area contributed by atoms with E-state index in [1.54, 1.807) is 0 Å². The molecule has 0 aliphatic rings. The van der Waals surface area contributed by atoms with Gasteiger partial charge in [-0.2, -0.15) is 0 Å². The maximum atomic E-state index is 3.22. The van der Waals surface area contributed by atoms with E-state index in [-0.39, 0.29) is 0 Å². The van der Waals surface area contributed by atoms with Gasteiger partial charge in [0.1, 0.15) is 0 Å². The highest BCUT2D eigenvalue weighted by atomic mass is 32.1. The Morgan fingerprint density at radius 1 is 1.15 bits per heavy atom. The second kappa shape index (κ2) is 6.25. The molecule has 1 N–H and O–H groups in total. The van der Waals surface area contributed by atoms with Crippen LogP contribution < -0.4 is 5.32 Å². The first-order chi connectivity index (χ1) is 9.88. The van der Waals surface area contributed by atoms with Gasteiger partial charge in [0.25, 0.3) is 0 Å². The van der Waals surface area contributed by atoms with Crippen LogP contribution in [0.3, 0.4) is 0 Å². The van der Waals surface area contributed by atoms with Crippen LogP contribution in [0.1, 0.15) is 16.9 Å². The summed E-state index contributed by atoms with van der Waals surface area (Å²) in [6.45, 7) is 2.05.